The maximum absolute atomic E-state index is 11.8. The van der Waals surface area contributed by atoms with Gasteiger partial charge < -0.3 is 9.84 Å². The van der Waals surface area contributed by atoms with Crippen molar-refractivity contribution in [2.24, 2.45) is 0 Å². The molecule has 0 saturated heterocycles. The predicted molar refractivity (Wildman–Crippen MR) is 182 cm³/mol. The van der Waals surface area contributed by atoms with Crippen molar-refractivity contribution in [3.05, 3.63) is 123 Å². The molecule has 5 nitrogen and oxygen atoms in total. The Morgan fingerprint density at radius 3 is 1.73 bits per heavy atom. The van der Waals surface area contributed by atoms with Gasteiger partial charge in [0.15, 0.2) is 18.2 Å². The lowest BCUT2D eigenvalue weighted by atomic mass is 9.95. The van der Waals surface area contributed by atoms with Crippen molar-refractivity contribution < 1.29 is 24.2 Å². The molecule has 1 N–H and O–H groups in total. The number of carboxylic acid groups (broad SMARTS) is 1. The van der Waals surface area contributed by atoms with Crippen molar-refractivity contribution in [2.75, 3.05) is 12.4 Å². The average Bonchev–Trinajstić information content (AvgIpc) is 3.71. The molecule has 0 atom stereocenters. The second kappa shape index (κ2) is 14.2. The standard InChI is InChI=1S/C35H27ClO5S3/c1-21(37)31-13-15-33(43-31)25-7-3-23(4-8-25)28(17-18-42-27-11-12-30(29(36)19-27)41-20-35(39)40)24-5-9-26(10-6-24)34-16-14-32(44-34)22(2)38/h3-17,19H,18,20H2,1-2H3,(H,39,40). The van der Waals surface area contributed by atoms with Gasteiger partial charge in [-0.25, -0.2) is 4.79 Å². The highest BCUT2D eigenvalue weighted by Gasteiger charge is 2.12. The Kier molecular flexibility index (Phi) is 10.2. The van der Waals surface area contributed by atoms with Gasteiger partial charge in [-0.3, -0.25) is 9.59 Å². The van der Waals surface area contributed by atoms with Crippen molar-refractivity contribution in [1.29, 1.82) is 0 Å². The van der Waals surface area contributed by atoms with Gasteiger partial charge in [0.25, 0.3) is 0 Å². The number of aliphatic carboxylic acids is 1. The SMILES string of the molecule is CC(=O)c1ccc(-c2ccc(C(=CCSc3ccc(OCC(=O)O)c(Cl)c3)c3ccc(-c4ccc(C(C)=O)s4)cc3)cc2)s1. The molecule has 5 aromatic rings. The molecule has 0 spiro atoms. The number of Topliss-reactive ketones (excluding diaryl/α,β-unsaturated/α-hetero) is 2. The van der Waals surface area contributed by atoms with E-state index in [9.17, 15) is 14.4 Å². The third-order valence-electron chi connectivity index (χ3n) is 6.66. The van der Waals surface area contributed by atoms with Crippen LogP contribution in [0, 0.1) is 0 Å². The summed E-state index contributed by atoms with van der Waals surface area (Å²) in [6.45, 7) is 2.70. The fraction of sp³-hybridized carbons (Fsp3) is 0.114. The van der Waals surface area contributed by atoms with Gasteiger partial charge in [-0.05, 0) is 84.1 Å². The number of hydrogen-bond donors (Lipinski definition) is 1. The van der Waals surface area contributed by atoms with Gasteiger partial charge in [-0.15, -0.1) is 34.4 Å². The van der Waals surface area contributed by atoms with Crippen molar-refractivity contribution in [3.8, 4) is 26.6 Å². The van der Waals surface area contributed by atoms with Crippen molar-refractivity contribution in [1.82, 2.24) is 0 Å². The Morgan fingerprint density at radius 2 is 1.30 bits per heavy atom. The van der Waals surface area contributed by atoms with Gasteiger partial charge in [-0.2, -0.15) is 0 Å². The molecule has 0 aliphatic rings. The fourth-order valence-corrected chi connectivity index (χ4v) is 7.37. The van der Waals surface area contributed by atoms with Crippen LogP contribution in [-0.2, 0) is 4.79 Å². The van der Waals surface area contributed by atoms with Crippen LogP contribution in [-0.4, -0.2) is 35.0 Å². The van der Waals surface area contributed by atoms with Crippen LogP contribution in [0.1, 0.15) is 44.3 Å². The van der Waals surface area contributed by atoms with E-state index in [1.54, 1.807) is 37.7 Å². The van der Waals surface area contributed by atoms with Crippen LogP contribution in [0.2, 0.25) is 5.02 Å². The molecule has 222 valence electrons. The first-order chi connectivity index (χ1) is 21.2. The molecule has 5 rings (SSSR count). The number of thioether (sulfide) groups is 1. The highest BCUT2D eigenvalue weighted by atomic mass is 35.5. The van der Waals surface area contributed by atoms with Crippen molar-refractivity contribution in [2.45, 2.75) is 18.7 Å². The third-order valence-corrected chi connectivity index (χ3v) is 10.3. The Balaban J connectivity index is 1.41. The van der Waals surface area contributed by atoms with E-state index < -0.39 is 12.6 Å². The van der Waals surface area contributed by atoms with Crippen LogP contribution in [0.25, 0.3) is 26.5 Å². The molecule has 0 saturated carbocycles. The normalized spacial score (nSPS) is 10.8. The number of carboxylic acids is 1. The first-order valence-corrected chi connectivity index (χ1v) is 16.6. The lowest BCUT2D eigenvalue weighted by Crippen LogP contribution is -2.09. The summed E-state index contributed by atoms with van der Waals surface area (Å²) in [5.41, 5.74) is 5.27. The van der Waals surface area contributed by atoms with E-state index in [0.717, 1.165) is 52.2 Å². The quantitative estimate of drug-likeness (QED) is 0.106. The maximum atomic E-state index is 11.8. The van der Waals surface area contributed by atoms with Gasteiger partial charge in [-0.1, -0.05) is 66.2 Å². The summed E-state index contributed by atoms with van der Waals surface area (Å²) < 4.78 is 5.24. The topological polar surface area (TPSA) is 80.7 Å². The number of carbonyl (C=O) groups is 3. The minimum atomic E-state index is -1.06. The van der Waals surface area contributed by atoms with E-state index in [1.807, 2.05) is 30.3 Å². The second-order valence-corrected chi connectivity index (χ2v) is 13.5. The smallest absolute Gasteiger partial charge is 0.341 e. The minimum Gasteiger partial charge on any atom is -0.480 e. The predicted octanol–water partition coefficient (Wildman–Crippen LogP) is 9.89. The molecule has 2 aromatic heterocycles. The van der Waals surface area contributed by atoms with Crippen LogP contribution < -0.4 is 4.74 Å². The lowest BCUT2D eigenvalue weighted by Gasteiger charge is -2.11. The van der Waals surface area contributed by atoms with Gasteiger partial charge >= 0.3 is 5.97 Å². The van der Waals surface area contributed by atoms with E-state index in [1.165, 1.54) is 22.7 Å². The molecular formula is C35H27ClO5S3. The zero-order chi connectivity index (χ0) is 31.2. The molecule has 0 aliphatic carbocycles. The molecule has 0 radical (unpaired) electrons. The molecule has 3 aromatic carbocycles. The third kappa shape index (κ3) is 7.76. The number of halogens is 1. The van der Waals surface area contributed by atoms with Gasteiger partial charge in [0.05, 0.1) is 14.8 Å². The lowest BCUT2D eigenvalue weighted by molar-refractivity contribution is -0.139. The van der Waals surface area contributed by atoms with Gasteiger partial charge in [0.1, 0.15) is 5.75 Å². The number of hydrogen-bond acceptors (Lipinski definition) is 7. The largest absolute Gasteiger partial charge is 0.480 e. The molecule has 0 bridgehead atoms. The Bertz CT molecular complexity index is 1750. The van der Waals surface area contributed by atoms with E-state index >= 15 is 0 Å². The average molecular weight is 659 g/mol. The number of ketones is 2. The van der Waals surface area contributed by atoms with Crippen LogP contribution >= 0.6 is 46.0 Å². The van der Waals surface area contributed by atoms with Crippen LogP contribution in [0.5, 0.6) is 5.75 Å². The maximum Gasteiger partial charge on any atom is 0.341 e. The zero-order valence-corrected chi connectivity index (χ0v) is 27.0. The Hall–Kier alpha value is -3.95. The molecule has 44 heavy (non-hydrogen) atoms. The summed E-state index contributed by atoms with van der Waals surface area (Å²) in [4.78, 5) is 38.9. The summed E-state index contributed by atoms with van der Waals surface area (Å²) in [5, 5.41) is 9.22. The molecular weight excluding hydrogens is 632 g/mol. The van der Waals surface area contributed by atoms with Gasteiger partial charge in [0, 0.05) is 20.4 Å². The summed E-state index contributed by atoms with van der Waals surface area (Å²) in [6.07, 6.45) is 2.18. The van der Waals surface area contributed by atoms with E-state index in [-0.39, 0.29) is 11.6 Å². The number of carbonyl (C=O) groups excluding carboxylic acids is 2. The van der Waals surface area contributed by atoms with Crippen molar-refractivity contribution >= 4 is 69.1 Å². The summed E-state index contributed by atoms with van der Waals surface area (Å²) in [6, 6.07) is 29.7. The number of benzene rings is 3. The molecule has 2 heterocycles. The van der Waals surface area contributed by atoms with Crippen LogP contribution in [0.3, 0.4) is 0 Å². The zero-order valence-electron chi connectivity index (χ0n) is 23.8. The van der Waals surface area contributed by atoms with Crippen LogP contribution in [0.4, 0.5) is 0 Å². The van der Waals surface area contributed by atoms with E-state index in [4.69, 9.17) is 21.4 Å². The molecule has 9 heteroatoms. The Morgan fingerprint density at radius 1 is 0.773 bits per heavy atom. The van der Waals surface area contributed by atoms with E-state index in [0.29, 0.717) is 16.5 Å². The number of thiophene rings is 2. The fourth-order valence-electron chi connectivity index (χ4n) is 4.44. The highest BCUT2D eigenvalue weighted by Crippen LogP contribution is 2.35. The molecule has 0 unspecified atom stereocenters. The number of ether oxygens (including phenoxy) is 1. The molecule has 0 aliphatic heterocycles. The Labute approximate surface area is 272 Å². The monoisotopic (exact) mass is 658 g/mol. The molecule has 0 amide bonds. The first kappa shape index (κ1) is 31.5. The second-order valence-electron chi connectivity index (χ2n) is 9.80. The highest BCUT2D eigenvalue weighted by molar-refractivity contribution is 7.99. The minimum absolute atomic E-state index is 0.0628. The molecule has 0 fully saturated rings. The summed E-state index contributed by atoms with van der Waals surface area (Å²) in [5.74, 6) is 0.0491. The van der Waals surface area contributed by atoms with E-state index in [2.05, 4.69) is 54.6 Å². The summed E-state index contributed by atoms with van der Waals surface area (Å²) >= 11 is 10.9. The summed E-state index contributed by atoms with van der Waals surface area (Å²) in [7, 11) is 0. The van der Waals surface area contributed by atoms with Crippen LogP contribution in [0.15, 0.2) is 102 Å². The van der Waals surface area contributed by atoms with Crippen molar-refractivity contribution in [3.63, 3.8) is 0 Å². The number of rotatable bonds is 12. The first-order valence-electron chi connectivity index (χ1n) is 13.6. The van der Waals surface area contributed by atoms with Gasteiger partial charge in [0.2, 0.25) is 0 Å².